The molecule has 0 aromatic heterocycles. The molecule has 0 bridgehead atoms. The maximum atomic E-state index is 12.5. The van der Waals surface area contributed by atoms with Gasteiger partial charge in [0, 0.05) is 18.5 Å². The van der Waals surface area contributed by atoms with Crippen molar-refractivity contribution in [3.63, 3.8) is 0 Å². The van der Waals surface area contributed by atoms with Crippen molar-refractivity contribution in [1.29, 1.82) is 0 Å². The zero-order valence-electron chi connectivity index (χ0n) is 12.8. The van der Waals surface area contributed by atoms with E-state index in [9.17, 15) is 4.79 Å². The van der Waals surface area contributed by atoms with Crippen LogP contribution < -0.4 is 11.2 Å². The van der Waals surface area contributed by atoms with Crippen LogP contribution in [0.5, 0.6) is 0 Å². The van der Waals surface area contributed by atoms with Gasteiger partial charge in [-0.2, -0.15) is 0 Å². The maximum absolute atomic E-state index is 12.5. The van der Waals surface area contributed by atoms with Crippen LogP contribution in [0.1, 0.15) is 77.0 Å². The molecule has 4 heteroatoms. The van der Waals surface area contributed by atoms with Gasteiger partial charge >= 0.3 is 0 Å². The molecule has 0 atom stereocenters. The van der Waals surface area contributed by atoms with Gasteiger partial charge < -0.3 is 5.73 Å². The minimum Gasteiger partial charge on any atom is -0.330 e. The molecule has 2 aliphatic carbocycles. The molecule has 0 aliphatic heterocycles. The first-order valence-electron chi connectivity index (χ1n) is 8.59. The number of hydrogen-bond acceptors (Lipinski definition) is 3. The second-order valence-corrected chi connectivity index (χ2v) is 6.41. The summed E-state index contributed by atoms with van der Waals surface area (Å²) in [7, 11) is 0. The molecule has 0 radical (unpaired) electrons. The fourth-order valence-electron chi connectivity index (χ4n) is 3.52. The number of amides is 1. The van der Waals surface area contributed by atoms with Crippen LogP contribution in [0.3, 0.4) is 0 Å². The lowest BCUT2D eigenvalue weighted by atomic mass is 9.93. The molecule has 4 nitrogen and oxygen atoms in total. The Balaban J connectivity index is 1.92. The number of carbonyl (C=O) groups excluding carboxylic acids is 1. The number of carbonyl (C=O) groups is 1. The summed E-state index contributed by atoms with van der Waals surface area (Å²) in [4.78, 5) is 12.5. The van der Waals surface area contributed by atoms with E-state index in [1.807, 2.05) is 5.01 Å². The Hall–Kier alpha value is -0.610. The second kappa shape index (κ2) is 8.63. The lowest BCUT2D eigenvalue weighted by Gasteiger charge is -2.38. The number of nitrogens with one attached hydrogen (secondary N) is 1. The molecule has 2 fully saturated rings. The monoisotopic (exact) mass is 281 g/mol. The van der Waals surface area contributed by atoms with E-state index in [0.29, 0.717) is 25.0 Å². The van der Waals surface area contributed by atoms with Gasteiger partial charge in [-0.1, -0.05) is 38.5 Å². The highest BCUT2D eigenvalue weighted by Crippen LogP contribution is 2.24. The number of rotatable bonds is 6. The van der Waals surface area contributed by atoms with Crippen molar-refractivity contribution in [2.75, 3.05) is 6.54 Å². The van der Waals surface area contributed by atoms with Gasteiger partial charge in [0.2, 0.25) is 5.91 Å². The van der Waals surface area contributed by atoms with Gasteiger partial charge in [-0.05, 0) is 38.6 Å². The first-order valence-corrected chi connectivity index (χ1v) is 8.59. The molecule has 2 aliphatic rings. The molecule has 2 rings (SSSR count). The predicted molar refractivity (Wildman–Crippen MR) is 82.0 cm³/mol. The van der Waals surface area contributed by atoms with Crippen molar-refractivity contribution in [2.24, 2.45) is 5.73 Å². The molecule has 3 N–H and O–H groups in total. The van der Waals surface area contributed by atoms with Crippen LogP contribution in [-0.2, 0) is 4.79 Å². The first kappa shape index (κ1) is 15.8. The third-order valence-electron chi connectivity index (χ3n) is 4.73. The summed E-state index contributed by atoms with van der Waals surface area (Å²) in [5.74, 6) is 0.257. The SMILES string of the molecule is NCCCC(=O)N(NC1CCCCC1)C1CCCCC1. The summed E-state index contributed by atoms with van der Waals surface area (Å²) in [6.07, 6.45) is 13.9. The van der Waals surface area contributed by atoms with Gasteiger partial charge in [-0.15, -0.1) is 0 Å². The van der Waals surface area contributed by atoms with E-state index in [1.54, 1.807) is 0 Å². The van der Waals surface area contributed by atoms with Crippen molar-refractivity contribution in [1.82, 2.24) is 10.4 Å². The third kappa shape index (κ3) is 4.74. The van der Waals surface area contributed by atoms with Gasteiger partial charge in [0.15, 0.2) is 0 Å². The van der Waals surface area contributed by atoms with Gasteiger partial charge in [0.05, 0.1) is 0 Å². The zero-order chi connectivity index (χ0) is 14.2. The standard InChI is InChI=1S/C16H31N3O/c17-13-7-12-16(20)19(15-10-5-2-6-11-15)18-14-8-3-1-4-9-14/h14-15,18H,1-13,17H2. The zero-order valence-corrected chi connectivity index (χ0v) is 12.8. The van der Waals surface area contributed by atoms with E-state index in [1.165, 1.54) is 51.4 Å². The van der Waals surface area contributed by atoms with Gasteiger partial charge in [0.25, 0.3) is 0 Å². The van der Waals surface area contributed by atoms with Gasteiger partial charge in [-0.3, -0.25) is 9.80 Å². The Bertz CT molecular complexity index is 283. The summed E-state index contributed by atoms with van der Waals surface area (Å²) in [6, 6.07) is 0.920. The van der Waals surface area contributed by atoms with Crippen LogP contribution in [0, 0.1) is 0 Å². The predicted octanol–water partition coefficient (Wildman–Crippen LogP) is 2.72. The topological polar surface area (TPSA) is 58.4 Å². The van der Waals surface area contributed by atoms with Crippen molar-refractivity contribution in [3.8, 4) is 0 Å². The number of nitrogens with two attached hydrogens (primary N) is 1. The molecule has 20 heavy (non-hydrogen) atoms. The van der Waals surface area contributed by atoms with Crippen LogP contribution in [0.25, 0.3) is 0 Å². The quantitative estimate of drug-likeness (QED) is 0.736. The van der Waals surface area contributed by atoms with Gasteiger partial charge in [-0.25, -0.2) is 5.43 Å². The molecule has 0 heterocycles. The molecule has 0 spiro atoms. The summed E-state index contributed by atoms with van der Waals surface area (Å²) < 4.78 is 0. The lowest BCUT2D eigenvalue weighted by Crippen LogP contribution is -2.54. The molecule has 116 valence electrons. The number of nitrogens with zero attached hydrogens (tertiary/aromatic N) is 1. The largest absolute Gasteiger partial charge is 0.330 e. The molecular weight excluding hydrogens is 250 g/mol. The summed E-state index contributed by atoms with van der Waals surface area (Å²) in [6.45, 7) is 0.605. The lowest BCUT2D eigenvalue weighted by molar-refractivity contribution is -0.139. The Labute approximate surface area is 123 Å². The minimum atomic E-state index is 0.257. The highest BCUT2D eigenvalue weighted by molar-refractivity contribution is 5.76. The van der Waals surface area contributed by atoms with E-state index in [4.69, 9.17) is 5.73 Å². The fourth-order valence-corrected chi connectivity index (χ4v) is 3.52. The summed E-state index contributed by atoms with van der Waals surface area (Å²) in [5.41, 5.74) is 9.13. The number of hydrazine groups is 1. The molecule has 0 unspecified atom stereocenters. The Morgan fingerprint density at radius 3 is 2.20 bits per heavy atom. The number of hydrogen-bond donors (Lipinski definition) is 2. The highest BCUT2D eigenvalue weighted by atomic mass is 16.2. The van der Waals surface area contributed by atoms with Crippen LogP contribution in [0.4, 0.5) is 0 Å². The smallest absolute Gasteiger partial charge is 0.236 e. The molecule has 0 aromatic carbocycles. The average Bonchev–Trinajstić information content (AvgIpc) is 2.52. The third-order valence-corrected chi connectivity index (χ3v) is 4.73. The normalized spacial score (nSPS) is 21.9. The van der Waals surface area contributed by atoms with Crippen LogP contribution >= 0.6 is 0 Å². The van der Waals surface area contributed by atoms with Crippen LogP contribution in [0.15, 0.2) is 0 Å². The highest BCUT2D eigenvalue weighted by Gasteiger charge is 2.27. The maximum Gasteiger partial charge on any atom is 0.236 e. The van der Waals surface area contributed by atoms with E-state index in [2.05, 4.69) is 5.43 Å². The van der Waals surface area contributed by atoms with E-state index in [-0.39, 0.29) is 5.91 Å². The van der Waals surface area contributed by atoms with Crippen LogP contribution in [-0.4, -0.2) is 29.5 Å². The van der Waals surface area contributed by atoms with E-state index < -0.39 is 0 Å². The van der Waals surface area contributed by atoms with E-state index in [0.717, 1.165) is 19.3 Å². The Kier molecular flexibility index (Phi) is 6.80. The first-order chi connectivity index (χ1) is 9.81. The van der Waals surface area contributed by atoms with E-state index >= 15 is 0 Å². The molecule has 0 saturated heterocycles. The van der Waals surface area contributed by atoms with Crippen LogP contribution in [0.2, 0.25) is 0 Å². The Morgan fingerprint density at radius 1 is 1.00 bits per heavy atom. The van der Waals surface area contributed by atoms with Crippen molar-refractivity contribution in [3.05, 3.63) is 0 Å². The molecule has 0 aromatic rings. The Morgan fingerprint density at radius 2 is 1.60 bits per heavy atom. The van der Waals surface area contributed by atoms with Gasteiger partial charge in [0.1, 0.15) is 0 Å². The molecule has 1 amide bonds. The fraction of sp³-hybridized carbons (Fsp3) is 0.938. The van der Waals surface area contributed by atoms with Crippen molar-refractivity contribution >= 4 is 5.91 Å². The van der Waals surface area contributed by atoms with Crippen molar-refractivity contribution < 1.29 is 4.79 Å². The molecule has 2 saturated carbocycles. The second-order valence-electron chi connectivity index (χ2n) is 6.41. The average molecular weight is 281 g/mol. The molecular formula is C16H31N3O. The summed E-state index contributed by atoms with van der Waals surface area (Å²) >= 11 is 0. The minimum absolute atomic E-state index is 0.257. The summed E-state index contributed by atoms with van der Waals surface area (Å²) in [5, 5.41) is 2.00. The van der Waals surface area contributed by atoms with Crippen molar-refractivity contribution in [2.45, 2.75) is 89.1 Å².